The van der Waals surface area contributed by atoms with E-state index in [0.717, 1.165) is 0 Å². The molecular formula is C13H7BrF2N2S. The van der Waals surface area contributed by atoms with Crippen molar-refractivity contribution in [2.75, 3.05) is 0 Å². The van der Waals surface area contributed by atoms with Crippen molar-refractivity contribution in [1.29, 1.82) is 0 Å². The molecular weight excluding hydrogens is 334 g/mol. The number of benzene rings is 2. The van der Waals surface area contributed by atoms with Crippen molar-refractivity contribution in [2.45, 2.75) is 0 Å². The van der Waals surface area contributed by atoms with Gasteiger partial charge in [0.1, 0.15) is 11.6 Å². The van der Waals surface area contributed by atoms with E-state index in [1.54, 1.807) is 22.8 Å². The standard InChI is InChI=1S/C13H7BrF2N2S/c14-9-3-2-8(6-10(9)16)18-12-4-1-7(15)5-11(12)17-13(18)19/h1-6H,(H,17,19). The predicted molar refractivity (Wildman–Crippen MR) is 76.1 cm³/mol. The summed E-state index contributed by atoms with van der Waals surface area (Å²) >= 11 is 8.31. The van der Waals surface area contributed by atoms with E-state index in [1.807, 2.05) is 0 Å². The fourth-order valence-corrected chi connectivity index (χ4v) is 2.52. The van der Waals surface area contributed by atoms with Crippen LogP contribution in [0.1, 0.15) is 0 Å². The van der Waals surface area contributed by atoms with Crippen molar-refractivity contribution < 1.29 is 8.78 Å². The van der Waals surface area contributed by atoms with Crippen LogP contribution in [0.3, 0.4) is 0 Å². The molecule has 0 unspecified atom stereocenters. The lowest BCUT2D eigenvalue weighted by Crippen LogP contribution is -1.95. The molecule has 0 saturated heterocycles. The fraction of sp³-hybridized carbons (Fsp3) is 0. The lowest BCUT2D eigenvalue weighted by Gasteiger charge is -2.05. The number of nitrogens with zero attached hydrogens (tertiary/aromatic N) is 1. The Morgan fingerprint density at radius 3 is 2.63 bits per heavy atom. The van der Waals surface area contributed by atoms with Crippen molar-refractivity contribution in [3.63, 3.8) is 0 Å². The topological polar surface area (TPSA) is 20.7 Å². The number of hydrogen-bond acceptors (Lipinski definition) is 1. The van der Waals surface area contributed by atoms with E-state index in [1.165, 1.54) is 18.2 Å². The van der Waals surface area contributed by atoms with E-state index in [4.69, 9.17) is 12.2 Å². The van der Waals surface area contributed by atoms with Crippen LogP contribution in [0.2, 0.25) is 0 Å². The maximum Gasteiger partial charge on any atom is 0.182 e. The first-order valence-corrected chi connectivity index (χ1v) is 6.62. The molecule has 0 aliphatic heterocycles. The predicted octanol–water partition coefficient (Wildman–Crippen LogP) is 4.73. The van der Waals surface area contributed by atoms with Gasteiger partial charge in [-0.2, -0.15) is 0 Å². The van der Waals surface area contributed by atoms with Gasteiger partial charge in [0.05, 0.1) is 21.2 Å². The zero-order chi connectivity index (χ0) is 13.6. The van der Waals surface area contributed by atoms with Crippen LogP contribution in [0.4, 0.5) is 8.78 Å². The largest absolute Gasteiger partial charge is 0.330 e. The molecule has 96 valence electrons. The number of aromatic nitrogens is 2. The van der Waals surface area contributed by atoms with Crippen LogP contribution in [0.25, 0.3) is 16.7 Å². The number of rotatable bonds is 1. The van der Waals surface area contributed by atoms with Crippen LogP contribution < -0.4 is 0 Å². The molecule has 0 amide bonds. The number of fused-ring (bicyclic) bond motifs is 1. The highest BCUT2D eigenvalue weighted by Crippen LogP contribution is 2.23. The molecule has 3 rings (SSSR count). The summed E-state index contributed by atoms with van der Waals surface area (Å²) in [6, 6.07) is 9.02. The van der Waals surface area contributed by atoms with Crippen LogP contribution in [0.5, 0.6) is 0 Å². The molecule has 0 aliphatic rings. The minimum absolute atomic E-state index is 0.349. The van der Waals surface area contributed by atoms with Crippen LogP contribution in [-0.4, -0.2) is 9.55 Å². The van der Waals surface area contributed by atoms with Crippen LogP contribution in [-0.2, 0) is 0 Å². The smallest absolute Gasteiger partial charge is 0.182 e. The van der Waals surface area contributed by atoms with E-state index >= 15 is 0 Å². The molecule has 3 aromatic rings. The van der Waals surface area contributed by atoms with Crippen molar-refractivity contribution in [1.82, 2.24) is 9.55 Å². The molecule has 1 aromatic heterocycles. The van der Waals surface area contributed by atoms with Gasteiger partial charge in [-0.25, -0.2) is 8.78 Å². The highest BCUT2D eigenvalue weighted by Gasteiger charge is 2.09. The molecule has 0 fully saturated rings. The van der Waals surface area contributed by atoms with E-state index in [0.29, 0.717) is 26.0 Å². The quantitative estimate of drug-likeness (QED) is 0.635. The van der Waals surface area contributed by atoms with Gasteiger partial charge in [0.15, 0.2) is 4.77 Å². The summed E-state index contributed by atoms with van der Waals surface area (Å²) < 4.78 is 29.2. The average Bonchev–Trinajstić information content (AvgIpc) is 2.68. The van der Waals surface area contributed by atoms with Crippen LogP contribution in [0.15, 0.2) is 40.9 Å². The van der Waals surface area contributed by atoms with Crippen molar-refractivity contribution in [3.05, 3.63) is 57.3 Å². The summed E-state index contributed by atoms with van der Waals surface area (Å²) in [6.07, 6.45) is 0. The Hall–Kier alpha value is -1.53. The third-order valence-corrected chi connectivity index (χ3v) is 3.73. The molecule has 0 radical (unpaired) electrons. The normalized spacial score (nSPS) is 11.1. The van der Waals surface area contributed by atoms with Gasteiger partial charge in [0, 0.05) is 0 Å². The van der Waals surface area contributed by atoms with E-state index < -0.39 is 0 Å². The Morgan fingerprint density at radius 2 is 1.89 bits per heavy atom. The first-order chi connectivity index (χ1) is 9.06. The molecule has 19 heavy (non-hydrogen) atoms. The zero-order valence-corrected chi connectivity index (χ0v) is 11.9. The third-order valence-electron chi connectivity index (χ3n) is 2.81. The summed E-state index contributed by atoms with van der Waals surface area (Å²) in [5.41, 5.74) is 1.87. The fourth-order valence-electron chi connectivity index (χ4n) is 1.96. The maximum atomic E-state index is 13.6. The Morgan fingerprint density at radius 1 is 1.11 bits per heavy atom. The number of nitrogens with one attached hydrogen (secondary N) is 1. The first-order valence-electron chi connectivity index (χ1n) is 5.42. The van der Waals surface area contributed by atoms with Crippen LogP contribution in [0, 0.1) is 16.4 Å². The SMILES string of the molecule is Fc1ccc2c(c1)[nH]c(=S)n2-c1ccc(Br)c(F)c1. The zero-order valence-electron chi connectivity index (χ0n) is 9.45. The molecule has 0 saturated carbocycles. The Labute approximate surface area is 120 Å². The van der Waals surface area contributed by atoms with E-state index in [2.05, 4.69) is 20.9 Å². The van der Waals surface area contributed by atoms with E-state index in [9.17, 15) is 8.78 Å². The first kappa shape index (κ1) is 12.5. The van der Waals surface area contributed by atoms with Gasteiger partial charge >= 0.3 is 0 Å². The lowest BCUT2D eigenvalue weighted by atomic mass is 10.2. The molecule has 2 nitrogen and oxygen atoms in total. The van der Waals surface area contributed by atoms with Gasteiger partial charge in [0.2, 0.25) is 0 Å². The Bertz CT molecular complexity index is 838. The molecule has 1 heterocycles. The van der Waals surface area contributed by atoms with Gasteiger partial charge in [-0.1, -0.05) is 0 Å². The van der Waals surface area contributed by atoms with Crippen LogP contribution >= 0.6 is 28.1 Å². The third kappa shape index (κ3) is 2.11. The van der Waals surface area contributed by atoms with E-state index in [-0.39, 0.29) is 11.6 Å². The molecule has 1 N–H and O–H groups in total. The number of aromatic amines is 1. The molecule has 0 bridgehead atoms. The molecule has 0 atom stereocenters. The number of hydrogen-bond donors (Lipinski definition) is 1. The summed E-state index contributed by atoms with van der Waals surface area (Å²) in [4.78, 5) is 2.90. The molecule has 0 spiro atoms. The van der Waals surface area contributed by atoms with Crippen molar-refractivity contribution >= 4 is 39.2 Å². The second kappa shape index (κ2) is 4.54. The van der Waals surface area contributed by atoms with Gasteiger partial charge < -0.3 is 4.98 Å². The molecule has 6 heteroatoms. The second-order valence-corrected chi connectivity index (χ2v) is 5.27. The number of H-pyrrole nitrogens is 1. The average molecular weight is 341 g/mol. The minimum Gasteiger partial charge on any atom is -0.330 e. The number of halogens is 3. The van der Waals surface area contributed by atoms with Gasteiger partial charge in [0.25, 0.3) is 0 Å². The van der Waals surface area contributed by atoms with Gasteiger partial charge in [-0.3, -0.25) is 4.57 Å². The maximum absolute atomic E-state index is 13.6. The molecule has 2 aromatic carbocycles. The summed E-state index contributed by atoms with van der Waals surface area (Å²) in [7, 11) is 0. The lowest BCUT2D eigenvalue weighted by molar-refractivity contribution is 0.620. The van der Waals surface area contributed by atoms with Crippen molar-refractivity contribution in [2.24, 2.45) is 0 Å². The number of imidazole rings is 1. The second-order valence-electron chi connectivity index (χ2n) is 4.03. The highest BCUT2D eigenvalue weighted by molar-refractivity contribution is 9.10. The van der Waals surface area contributed by atoms with Gasteiger partial charge in [-0.15, -0.1) is 0 Å². The Kier molecular flexibility index (Phi) is 2.99. The Balaban J connectivity index is 2.32. The summed E-state index contributed by atoms with van der Waals surface area (Å²) in [5, 5.41) is 0. The minimum atomic E-state index is -0.379. The molecule has 0 aliphatic carbocycles. The highest BCUT2D eigenvalue weighted by atomic mass is 79.9. The van der Waals surface area contributed by atoms with Crippen molar-refractivity contribution in [3.8, 4) is 5.69 Å². The summed E-state index contributed by atoms with van der Waals surface area (Å²) in [6.45, 7) is 0. The van der Waals surface area contributed by atoms with Gasteiger partial charge in [-0.05, 0) is 64.5 Å². The summed E-state index contributed by atoms with van der Waals surface area (Å²) in [5.74, 6) is -0.728. The monoisotopic (exact) mass is 340 g/mol.